The van der Waals surface area contributed by atoms with Gasteiger partial charge in [0.25, 0.3) is 0 Å². The molecule has 0 aromatic heterocycles. The van der Waals surface area contributed by atoms with Crippen LogP contribution in [0.3, 0.4) is 0 Å². The van der Waals surface area contributed by atoms with Crippen molar-refractivity contribution in [1.29, 1.82) is 0 Å². The second kappa shape index (κ2) is 6.73. The van der Waals surface area contributed by atoms with E-state index in [0.717, 1.165) is 13.1 Å². The largest absolute Gasteiger partial charge is 0.396 e. The molecule has 20 heavy (non-hydrogen) atoms. The SMILES string of the molecule is CC(C)(CNCC1(CO)CCCCC1)c1ccccc1. The lowest BCUT2D eigenvalue weighted by atomic mass is 9.74. The molecular formula is C18H29NO. The molecule has 0 aliphatic heterocycles. The van der Waals surface area contributed by atoms with Gasteiger partial charge in [0.15, 0.2) is 0 Å². The fourth-order valence-corrected chi connectivity index (χ4v) is 3.32. The van der Waals surface area contributed by atoms with Crippen molar-refractivity contribution in [3.63, 3.8) is 0 Å². The molecular weight excluding hydrogens is 246 g/mol. The molecule has 2 rings (SSSR count). The van der Waals surface area contributed by atoms with Crippen molar-refractivity contribution in [2.75, 3.05) is 19.7 Å². The maximum Gasteiger partial charge on any atom is 0.0499 e. The molecule has 1 aromatic carbocycles. The highest BCUT2D eigenvalue weighted by Gasteiger charge is 2.31. The highest BCUT2D eigenvalue weighted by Crippen LogP contribution is 2.35. The summed E-state index contributed by atoms with van der Waals surface area (Å²) >= 11 is 0. The minimum Gasteiger partial charge on any atom is -0.396 e. The van der Waals surface area contributed by atoms with Gasteiger partial charge in [-0.25, -0.2) is 0 Å². The van der Waals surface area contributed by atoms with E-state index in [1.165, 1.54) is 37.7 Å². The maximum absolute atomic E-state index is 9.75. The first kappa shape index (κ1) is 15.5. The van der Waals surface area contributed by atoms with Crippen molar-refractivity contribution in [2.45, 2.75) is 51.4 Å². The summed E-state index contributed by atoms with van der Waals surface area (Å²) in [5.74, 6) is 0. The Morgan fingerprint density at radius 3 is 2.35 bits per heavy atom. The van der Waals surface area contributed by atoms with E-state index in [1.54, 1.807) is 0 Å². The van der Waals surface area contributed by atoms with Crippen LogP contribution in [0.2, 0.25) is 0 Å². The Morgan fingerprint density at radius 2 is 1.75 bits per heavy atom. The molecule has 0 radical (unpaired) electrons. The van der Waals surface area contributed by atoms with Crippen molar-refractivity contribution < 1.29 is 5.11 Å². The van der Waals surface area contributed by atoms with E-state index in [-0.39, 0.29) is 10.8 Å². The molecule has 2 heteroatoms. The molecule has 1 aliphatic rings. The highest BCUT2D eigenvalue weighted by atomic mass is 16.3. The van der Waals surface area contributed by atoms with Gasteiger partial charge in [-0.05, 0) is 18.4 Å². The van der Waals surface area contributed by atoms with E-state index in [2.05, 4.69) is 49.5 Å². The fraction of sp³-hybridized carbons (Fsp3) is 0.667. The van der Waals surface area contributed by atoms with Gasteiger partial charge >= 0.3 is 0 Å². The van der Waals surface area contributed by atoms with Crippen LogP contribution in [0.15, 0.2) is 30.3 Å². The fourth-order valence-electron chi connectivity index (χ4n) is 3.32. The minimum absolute atomic E-state index is 0.130. The van der Waals surface area contributed by atoms with E-state index in [0.29, 0.717) is 6.61 Å². The van der Waals surface area contributed by atoms with Crippen LogP contribution >= 0.6 is 0 Å². The number of nitrogens with one attached hydrogen (secondary N) is 1. The van der Waals surface area contributed by atoms with Gasteiger partial charge < -0.3 is 10.4 Å². The van der Waals surface area contributed by atoms with E-state index >= 15 is 0 Å². The number of hydrogen-bond acceptors (Lipinski definition) is 2. The van der Waals surface area contributed by atoms with Crippen molar-refractivity contribution >= 4 is 0 Å². The van der Waals surface area contributed by atoms with Gasteiger partial charge in [-0.1, -0.05) is 63.4 Å². The third-order valence-corrected chi connectivity index (χ3v) is 4.87. The molecule has 1 saturated carbocycles. The number of aliphatic hydroxyl groups excluding tert-OH is 1. The lowest BCUT2D eigenvalue weighted by Gasteiger charge is -2.37. The molecule has 0 spiro atoms. The molecule has 1 aliphatic carbocycles. The van der Waals surface area contributed by atoms with Crippen molar-refractivity contribution in [1.82, 2.24) is 5.32 Å². The average molecular weight is 275 g/mol. The Bertz CT molecular complexity index is 393. The Kier molecular flexibility index (Phi) is 5.22. The number of hydrogen-bond donors (Lipinski definition) is 2. The Hall–Kier alpha value is -0.860. The summed E-state index contributed by atoms with van der Waals surface area (Å²) in [5.41, 5.74) is 1.63. The second-order valence-electron chi connectivity index (χ2n) is 7.07. The highest BCUT2D eigenvalue weighted by molar-refractivity contribution is 5.23. The van der Waals surface area contributed by atoms with Gasteiger partial charge in [0.2, 0.25) is 0 Å². The average Bonchev–Trinajstić information content (AvgIpc) is 2.49. The number of benzene rings is 1. The summed E-state index contributed by atoms with van der Waals surface area (Å²) in [5, 5.41) is 13.4. The van der Waals surface area contributed by atoms with Gasteiger partial charge in [0.1, 0.15) is 0 Å². The van der Waals surface area contributed by atoms with E-state index < -0.39 is 0 Å². The third kappa shape index (κ3) is 3.83. The van der Waals surface area contributed by atoms with Crippen LogP contribution in [0.1, 0.15) is 51.5 Å². The number of aliphatic hydroxyl groups is 1. The lowest BCUT2D eigenvalue weighted by Crippen LogP contribution is -2.43. The van der Waals surface area contributed by atoms with Crippen LogP contribution in [0.25, 0.3) is 0 Å². The molecule has 0 bridgehead atoms. The van der Waals surface area contributed by atoms with E-state index in [9.17, 15) is 5.11 Å². The summed E-state index contributed by atoms with van der Waals surface area (Å²) < 4.78 is 0. The summed E-state index contributed by atoms with van der Waals surface area (Å²) in [6.07, 6.45) is 6.20. The van der Waals surface area contributed by atoms with Gasteiger partial charge in [0.05, 0.1) is 0 Å². The van der Waals surface area contributed by atoms with Gasteiger partial charge in [-0.15, -0.1) is 0 Å². The maximum atomic E-state index is 9.75. The quantitative estimate of drug-likeness (QED) is 0.833. The van der Waals surface area contributed by atoms with Crippen molar-refractivity contribution in [3.8, 4) is 0 Å². The standard InChI is InChI=1S/C18H29NO/c1-17(2,16-9-5-3-6-10-16)13-19-14-18(15-20)11-7-4-8-12-18/h3,5-6,9-10,19-20H,4,7-8,11-15H2,1-2H3. The first-order valence-corrected chi connectivity index (χ1v) is 7.95. The normalized spacial score (nSPS) is 18.9. The smallest absolute Gasteiger partial charge is 0.0499 e. The molecule has 0 heterocycles. The first-order valence-electron chi connectivity index (χ1n) is 7.95. The molecule has 1 fully saturated rings. The third-order valence-electron chi connectivity index (χ3n) is 4.87. The van der Waals surface area contributed by atoms with Crippen LogP contribution in [-0.2, 0) is 5.41 Å². The first-order chi connectivity index (χ1) is 9.58. The monoisotopic (exact) mass is 275 g/mol. The lowest BCUT2D eigenvalue weighted by molar-refractivity contribution is 0.0801. The van der Waals surface area contributed by atoms with Gasteiger partial charge in [0, 0.05) is 30.5 Å². The van der Waals surface area contributed by atoms with Crippen molar-refractivity contribution in [3.05, 3.63) is 35.9 Å². The summed E-state index contributed by atoms with van der Waals surface area (Å²) in [4.78, 5) is 0. The van der Waals surface area contributed by atoms with Crippen LogP contribution < -0.4 is 5.32 Å². The zero-order valence-corrected chi connectivity index (χ0v) is 13.0. The predicted molar refractivity (Wildman–Crippen MR) is 84.9 cm³/mol. The molecule has 2 nitrogen and oxygen atoms in total. The Labute approximate surface area is 123 Å². The molecule has 1 aromatic rings. The van der Waals surface area contributed by atoms with Gasteiger partial charge in [-0.3, -0.25) is 0 Å². The van der Waals surface area contributed by atoms with E-state index in [4.69, 9.17) is 0 Å². The summed E-state index contributed by atoms with van der Waals surface area (Å²) in [7, 11) is 0. The second-order valence-corrected chi connectivity index (χ2v) is 7.07. The molecule has 0 amide bonds. The Balaban J connectivity index is 1.88. The molecule has 0 atom stereocenters. The van der Waals surface area contributed by atoms with Crippen molar-refractivity contribution in [2.24, 2.45) is 5.41 Å². The molecule has 112 valence electrons. The van der Waals surface area contributed by atoms with Crippen LogP contribution in [0, 0.1) is 5.41 Å². The summed E-state index contributed by atoms with van der Waals surface area (Å²) in [6.45, 7) is 6.79. The molecule has 2 N–H and O–H groups in total. The van der Waals surface area contributed by atoms with Crippen LogP contribution in [-0.4, -0.2) is 24.8 Å². The minimum atomic E-state index is 0.130. The number of rotatable bonds is 6. The molecule has 0 saturated heterocycles. The molecule has 0 unspecified atom stereocenters. The van der Waals surface area contributed by atoms with E-state index in [1.807, 2.05) is 0 Å². The zero-order valence-electron chi connectivity index (χ0n) is 13.0. The predicted octanol–water partition coefficient (Wildman–Crippen LogP) is 3.50. The Morgan fingerprint density at radius 1 is 1.10 bits per heavy atom. The van der Waals surface area contributed by atoms with Crippen LogP contribution in [0.5, 0.6) is 0 Å². The topological polar surface area (TPSA) is 32.3 Å². The zero-order chi connectivity index (χ0) is 14.5. The van der Waals surface area contributed by atoms with Crippen LogP contribution in [0.4, 0.5) is 0 Å². The van der Waals surface area contributed by atoms with Gasteiger partial charge in [-0.2, -0.15) is 0 Å². The summed E-state index contributed by atoms with van der Waals surface area (Å²) in [6, 6.07) is 10.7.